The van der Waals surface area contributed by atoms with E-state index < -0.39 is 0 Å². The largest absolute Gasteiger partial charge is 0.310 e. The molecular weight excluding hydrogens is 270 g/mol. The predicted molar refractivity (Wildman–Crippen MR) is 84.1 cm³/mol. The summed E-state index contributed by atoms with van der Waals surface area (Å²) in [6.07, 6.45) is 5.98. The summed E-state index contributed by atoms with van der Waals surface area (Å²) in [5.41, 5.74) is 3.57. The highest BCUT2D eigenvalue weighted by atomic mass is 35.5. The lowest BCUT2D eigenvalue weighted by atomic mass is 10.0. The first kappa shape index (κ1) is 15.1. The van der Waals surface area contributed by atoms with E-state index >= 15 is 0 Å². The first-order valence-corrected chi connectivity index (χ1v) is 7.45. The molecule has 0 saturated carbocycles. The smallest absolute Gasteiger partial charge is 0.0537 e. The Bertz CT molecular complexity index is 563. The summed E-state index contributed by atoms with van der Waals surface area (Å²) in [5.74, 6) is 0. The average molecular weight is 292 g/mol. The van der Waals surface area contributed by atoms with Crippen LogP contribution in [-0.4, -0.2) is 16.3 Å². The van der Waals surface area contributed by atoms with E-state index in [4.69, 9.17) is 11.6 Å². The monoisotopic (exact) mass is 291 g/mol. The second kappa shape index (κ2) is 6.91. The van der Waals surface area contributed by atoms with Crippen LogP contribution in [0.4, 0.5) is 0 Å². The maximum atomic E-state index is 6.35. The molecule has 3 nitrogen and oxygen atoms in total. The van der Waals surface area contributed by atoms with Crippen molar-refractivity contribution in [1.29, 1.82) is 0 Å². The van der Waals surface area contributed by atoms with Crippen LogP contribution in [-0.2, 0) is 13.5 Å². The Labute approximate surface area is 126 Å². The Kier molecular flexibility index (Phi) is 5.21. The van der Waals surface area contributed by atoms with E-state index in [-0.39, 0.29) is 6.04 Å². The fourth-order valence-corrected chi connectivity index (χ4v) is 2.60. The normalized spacial score (nSPS) is 12.6. The number of halogens is 1. The van der Waals surface area contributed by atoms with E-state index in [1.54, 1.807) is 0 Å². The number of aryl methyl sites for hydroxylation is 2. The molecule has 0 amide bonds. The van der Waals surface area contributed by atoms with E-state index in [0.717, 1.165) is 24.4 Å². The topological polar surface area (TPSA) is 29.9 Å². The molecule has 0 bridgehead atoms. The summed E-state index contributed by atoms with van der Waals surface area (Å²) in [5, 5.41) is 8.69. The zero-order valence-corrected chi connectivity index (χ0v) is 13.1. The van der Waals surface area contributed by atoms with Crippen molar-refractivity contribution in [3.63, 3.8) is 0 Å². The number of rotatable bonds is 6. The summed E-state index contributed by atoms with van der Waals surface area (Å²) < 4.78 is 1.84. The first-order valence-electron chi connectivity index (χ1n) is 7.07. The molecule has 1 atom stereocenters. The number of benzene rings is 1. The van der Waals surface area contributed by atoms with Gasteiger partial charge in [-0.3, -0.25) is 4.68 Å². The number of hydrogen-bond donors (Lipinski definition) is 1. The van der Waals surface area contributed by atoms with Crippen LogP contribution < -0.4 is 5.32 Å². The fourth-order valence-electron chi connectivity index (χ4n) is 2.28. The summed E-state index contributed by atoms with van der Waals surface area (Å²) in [7, 11) is 1.94. The summed E-state index contributed by atoms with van der Waals surface area (Å²) in [6.45, 7) is 5.22. The minimum Gasteiger partial charge on any atom is -0.310 e. The highest BCUT2D eigenvalue weighted by Gasteiger charge is 2.15. The average Bonchev–Trinajstić information content (AvgIpc) is 2.83. The van der Waals surface area contributed by atoms with E-state index in [1.807, 2.05) is 24.0 Å². The minimum atomic E-state index is 0.254. The van der Waals surface area contributed by atoms with Gasteiger partial charge in [0.1, 0.15) is 0 Å². The first-order chi connectivity index (χ1) is 9.60. The maximum absolute atomic E-state index is 6.35. The van der Waals surface area contributed by atoms with Gasteiger partial charge >= 0.3 is 0 Å². The molecule has 2 aromatic rings. The lowest BCUT2D eigenvalue weighted by molar-refractivity contribution is 0.529. The van der Waals surface area contributed by atoms with Gasteiger partial charge in [-0.15, -0.1) is 0 Å². The van der Waals surface area contributed by atoms with Crippen LogP contribution in [0.3, 0.4) is 0 Å². The summed E-state index contributed by atoms with van der Waals surface area (Å²) >= 11 is 6.35. The number of hydrogen-bond acceptors (Lipinski definition) is 2. The molecule has 2 rings (SSSR count). The zero-order chi connectivity index (χ0) is 14.5. The van der Waals surface area contributed by atoms with Crippen LogP contribution in [0.2, 0.25) is 5.02 Å². The van der Waals surface area contributed by atoms with Gasteiger partial charge in [0.2, 0.25) is 0 Å². The van der Waals surface area contributed by atoms with Crippen molar-refractivity contribution in [3.8, 4) is 0 Å². The molecule has 20 heavy (non-hydrogen) atoms. The van der Waals surface area contributed by atoms with Crippen LogP contribution >= 0.6 is 11.6 Å². The van der Waals surface area contributed by atoms with Crippen LogP contribution in [0.15, 0.2) is 30.6 Å². The van der Waals surface area contributed by atoms with Gasteiger partial charge < -0.3 is 5.32 Å². The zero-order valence-electron chi connectivity index (χ0n) is 12.4. The molecular formula is C16H22ClN3. The summed E-state index contributed by atoms with van der Waals surface area (Å²) in [6, 6.07) is 6.51. The Morgan fingerprint density at radius 2 is 2.20 bits per heavy atom. The Hall–Kier alpha value is -1.32. The van der Waals surface area contributed by atoms with Crippen LogP contribution in [0.25, 0.3) is 0 Å². The van der Waals surface area contributed by atoms with E-state index in [2.05, 4.69) is 42.6 Å². The maximum Gasteiger partial charge on any atom is 0.0537 e. The van der Waals surface area contributed by atoms with Crippen molar-refractivity contribution in [2.75, 3.05) is 6.54 Å². The minimum absolute atomic E-state index is 0.254. The molecule has 0 aliphatic carbocycles. The van der Waals surface area contributed by atoms with E-state index in [0.29, 0.717) is 0 Å². The third-order valence-corrected chi connectivity index (χ3v) is 3.75. The summed E-state index contributed by atoms with van der Waals surface area (Å²) in [4.78, 5) is 0. The van der Waals surface area contributed by atoms with Crippen molar-refractivity contribution >= 4 is 11.6 Å². The molecule has 0 saturated heterocycles. The molecule has 0 fully saturated rings. The number of nitrogens with one attached hydrogen (secondary N) is 1. The van der Waals surface area contributed by atoms with Gasteiger partial charge in [-0.1, -0.05) is 30.7 Å². The molecule has 0 aliphatic heterocycles. The van der Waals surface area contributed by atoms with Crippen LogP contribution in [0.1, 0.15) is 36.1 Å². The lowest BCUT2D eigenvalue weighted by Gasteiger charge is -2.18. The van der Waals surface area contributed by atoms with Crippen molar-refractivity contribution in [1.82, 2.24) is 15.1 Å². The molecule has 1 N–H and O–H groups in total. The number of aromatic nitrogens is 2. The molecule has 1 heterocycles. The van der Waals surface area contributed by atoms with Crippen molar-refractivity contribution in [2.45, 2.75) is 32.7 Å². The van der Waals surface area contributed by atoms with Gasteiger partial charge in [0.15, 0.2) is 0 Å². The Morgan fingerprint density at radius 1 is 1.40 bits per heavy atom. The van der Waals surface area contributed by atoms with E-state index in [1.165, 1.54) is 16.7 Å². The van der Waals surface area contributed by atoms with Gasteiger partial charge in [-0.25, -0.2) is 0 Å². The predicted octanol–water partition coefficient (Wildman–Crippen LogP) is 3.67. The van der Waals surface area contributed by atoms with Crippen molar-refractivity contribution in [2.24, 2.45) is 7.05 Å². The fraction of sp³-hybridized carbons (Fsp3) is 0.438. The van der Waals surface area contributed by atoms with Crippen molar-refractivity contribution in [3.05, 3.63) is 52.3 Å². The molecule has 0 aliphatic rings. The van der Waals surface area contributed by atoms with Gasteiger partial charge in [-0.2, -0.15) is 5.10 Å². The van der Waals surface area contributed by atoms with Gasteiger partial charge in [0.25, 0.3) is 0 Å². The third-order valence-electron chi connectivity index (χ3n) is 3.40. The van der Waals surface area contributed by atoms with Gasteiger partial charge in [0.05, 0.1) is 6.20 Å². The second-order valence-corrected chi connectivity index (χ2v) is 5.66. The SMILES string of the molecule is CCCNC(Cc1ccc(C)cc1Cl)c1cnn(C)c1. The van der Waals surface area contributed by atoms with Gasteiger partial charge in [-0.05, 0) is 43.5 Å². The molecule has 1 aromatic heterocycles. The van der Waals surface area contributed by atoms with E-state index in [9.17, 15) is 0 Å². The standard InChI is InChI=1S/C16H22ClN3/c1-4-7-18-16(14-10-19-20(3)11-14)9-13-6-5-12(2)8-15(13)17/h5-6,8,10-11,16,18H,4,7,9H2,1-3H3. The van der Waals surface area contributed by atoms with Crippen LogP contribution in [0, 0.1) is 6.92 Å². The highest BCUT2D eigenvalue weighted by molar-refractivity contribution is 6.31. The third kappa shape index (κ3) is 3.84. The lowest BCUT2D eigenvalue weighted by Crippen LogP contribution is -2.24. The Balaban J connectivity index is 2.18. The molecule has 108 valence electrons. The van der Waals surface area contributed by atoms with Crippen LogP contribution in [0.5, 0.6) is 0 Å². The van der Waals surface area contributed by atoms with Gasteiger partial charge in [0, 0.05) is 29.9 Å². The highest BCUT2D eigenvalue weighted by Crippen LogP contribution is 2.24. The molecule has 0 spiro atoms. The Morgan fingerprint density at radius 3 is 2.80 bits per heavy atom. The quantitative estimate of drug-likeness (QED) is 0.880. The molecule has 1 aromatic carbocycles. The second-order valence-electron chi connectivity index (χ2n) is 5.25. The molecule has 0 radical (unpaired) electrons. The molecule has 4 heteroatoms. The van der Waals surface area contributed by atoms with Crippen molar-refractivity contribution < 1.29 is 0 Å². The molecule has 1 unspecified atom stereocenters. The number of nitrogens with zero attached hydrogens (tertiary/aromatic N) is 2.